The van der Waals surface area contributed by atoms with Crippen LogP contribution in [0, 0.1) is 35.5 Å². The van der Waals surface area contributed by atoms with Crippen molar-refractivity contribution in [2.75, 3.05) is 13.2 Å². The summed E-state index contributed by atoms with van der Waals surface area (Å²) in [5, 5.41) is 3.57. The van der Waals surface area contributed by atoms with E-state index in [1.807, 2.05) is 36.4 Å². The molecule has 0 heterocycles. The van der Waals surface area contributed by atoms with Gasteiger partial charge in [0.05, 0.1) is 0 Å². The number of hydrogen-bond acceptors (Lipinski definition) is 6. The number of benzene rings is 3. The third kappa shape index (κ3) is 7.55. The van der Waals surface area contributed by atoms with Gasteiger partial charge in [0, 0.05) is 26.6 Å². The average Bonchev–Trinajstić information content (AvgIpc) is 3.12. The Bertz CT molecular complexity index is 1630. The van der Waals surface area contributed by atoms with Gasteiger partial charge in [0.15, 0.2) is 13.2 Å². The van der Waals surface area contributed by atoms with E-state index < -0.39 is 0 Å². The number of hydrogen-bond donors (Lipinski definition) is 0. The summed E-state index contributed by atoms with van der Waals surface area (Å²) in [5.74, 6) is 4.11. The Hall–Kier alpha value is -2.99. The second-order valence-electron chi connectivity index (χ2n) is 15.5. The van der Waals surface area contributed by atoms with Crippen LogP contribution in [0.5, 0.6) is 11.5 Å². The number of fused-ring (bicyclic) bond motifs is 4. The van der Waals surface area contributed by atoms with Gasteiger partial charge in [-0.15, -0.1) is 0 Å². The first kappa shape index (κ1) is 34.5. The Balaban J connectivity index is 1.05. The first-order valence-electron chi connectivity index (χ1n) is 19.2. The van der Waals surface area contributed by atoms with Gasteiger partial charge in [0.1, 0.15) is 23.7 Å². The summed E-state index contributed by atoms with van der Waals surface area (Å²) in [4.78, 5) is 26.5. The fourth-order valence-electron chi connectivity index (χ4n) is 10.4. The summed E-state index contributed by atoms with van der Waals surface area (Å²) in [5.41, 5.74) is 0. The molecule has 0 saturated heterocycles. The van der Waals surface area contributed by atoms with Crippen LogP contribution < -0.4 is 9.47 Å². The van der Waals surface area contributed by atoms with Crippen molar-refractivity contribution in [3.63, 3.8) is 0 Å². The zero-order chi connectivity index (χ0) is 33.9. The van der Waals surface area contributed by atoms with Crippen LogP contribution in [0.4, 0.5) is 0 Å². The smallest absolute Gasteiger partial charge is 0.344 e. The fourth-order valence-corrected chi connectivity index (χ4v) is 10.6. The molecule has 7 rings (SSSR count). The first-order valence-corrected chi connectivity index (χ1v) is 19.5. The molecular weight excluding hydrogens is 636 g/mol. The molecule has 4 fully saturated rings. The molecule has 0 N–H and O–H groups in total. The first-order chi connectivity index (χ1) is 23.9. The van der Waals surface area contributed by atoms with E-state index in [4.69, 9.17) is 30.5 Å². The molecule has 8 unspecified atom stereocenters. The minimum absolute atomic E-state index is 0.130. The van der Waals surface area contributed by atoms with Gasteiger partial charge < -0.3 is 18.9 Å². The van der Waals surface area contributed by atoms with E-state index in [0.717, 1.165) is 40.8 Å². The number of rotatable bonds is 10. The Kier molecular flexibility index (Phi) is 10.9. The molecule has 0 aromatic heterocycles. The summed E-state index contributed by atoms with van der Waals surface area (Å²) in [6.07, 6.45) is 17.4. The van der Waals surface area contributed by atoms with E-state index in [1.54, 1.807) is 6.07 Å². The van der Waals surface area contributed by atoms with Gasteiger partial charge in [-0.1, -0.05) is 100 Å². The van der Waals surface area contributed by atoms with E-state index in [2.05, 4.69) is 13.8 Å². The third-order valence-corrected chi connectivity index (χ3v) is 12.9. The zero-order valence-corrected chi connectivity index (χ0v) is 30.1. The van der Waals surface area contributed by atoms with Gasteiger partial charge in [0.25, 0.3) is 0 Å². The van der Waals surface area contributed by atoms with Crippen molar-refractivity contribution >= 4 is 45.1 Å². The molecule has 4 saturated carbocycles. The fraction of sp³-hybridized carbons (Fsp3) is 0.619. The zero-order valence-electron chi connectivity index (χ0n) is 29.3. The molecule has 264 valence electrons. The average molecular weight is 689 g/mol. The van der Waals surface area contributed by atoms with Crippen LogP contribution in [0.3, 0.4) is 0 Å². The molecule has 3 aromatic rings. The molecule has 4 aliphatic carbocycles. The van der Waals surface area contributed by atoms with Gasteiger partial charge in [-0.2, -0.15) is 0 Å². The molecule has 6 nitrogen and oxygen atoms in total. The summed E-state index contributed by atoms with van der Waals surface area (Å²) >= 11 is 6.51. The van der Waals surface area contributed by atoms with Crippen LogP contribution in [-0.2, 0) is 19.1 Å². The third-order valence-electron chi connectivity index (χ3n) is 12.7. The normalized spacial score (nSPS) is 28.1. The molecule has 4 aliphatic rings. The van der Waals surface area contributed by atoms with E-state index in [1.165, 1.54) is 77.0 Å². The van der Waals surface area contributed by atoms with Crippen LogP contribution in [-0.4, -0.2) is 37.4 Å². The molecule has 0 radical (unpaired) electrons. The summed E-state index contributed by atoms with van der Waals surface area (Å²) < 4.78 is 24.7. The predicted octanol–water partition coefficient (Wildman–Crippen LogP) is 10.5. The van der Waals surface area contributed by atoms with Crippen LogP contribution in [0.2, 0.25) is 5.02 Å². The maximum absolute atomic E-state index is 13.2. The maximum atomic E-state index is 13.2. The van der Waals surface area contributed by atoms with Crippen molar-refractivity contribution in [3.8, 4) is 11.5 Å². The minimum atomic E-state index is -0.362. The molecule has 0 spiro atoms. The lowest BCUT2D eigenvalue weighted by molar-refractivity contribution is -0.157. The molecule has 7 heteroatoms. The molecular formula is C42H53ClO6. The Morgan fingerprint density at radius 2 is 1.06 bits per heavy atom. The lowest BCUT2D eigenvalue weighted by Gasteiger charge is -2.43. The lowest BCUT2D eigenvalue weighted by Crippen LogP contribution is -2.39. The Labute approximate surface area is 296 Å². The number of halogens is 1. The quantitative estimate of drug-likeness (QED) is 0.156. The second kappa shape index (κ2) is 15.5. The highest BCUT2D eigenvalue weighted by Gasteiger charge is 2.40. The Morgan fingerprint density at radius 3 is 1.59 bits per heavy atom. The maximum Gasteiger partial charge on any atom is 0.344 e. The number of ether oxygens (including phenoxy) is 4. The van der Waals surface area contributed by atoms with Gasteiger partial charge >= 0.3 is 11.9 Å². The SMILES string of the molecule is CC(OC(=O)COc1c2ccccc2c(OCC(=O)OC(C)C2CCCC3CCCCC32)c2cc(Cl)ccc12)C1CCCC2CCCCC21. The topological polar surface area (TPSA) is 71.1 Å². The van der Waals surface area contributed by atoms with Gasteiger partial charge in [0.2, 0.25) is 0 Å². The van der Waals surface area contributed by atoms with Crippen molar-refractivity contribution < 1.29 is 28.5 Å². The standard InChI is InChI=1S/C42H53ClO6/c1-26(31-19-9-13-28-11-3-5-15-33(28)31)48-39(44)24-46-41-35-17-7-8-18-36(35)42(38-23-30(43)21-22-37(38)41)47-25-40(45)49-27(2)32-20-10-14-29-12-4-6-16-34(29)32/h7-8,17-18,21-23,26-29,31-34H,3-6,9-16,19-20,24-25H2,1-2H3. The minimum Gasteiger partial charge on any atom is -0.481 e. The van der Waals surface area contributed by atoms with Crippen LogP contribution in [0.1, 0.15) is 104 Å². The summed E-state index contributed by atoms with van der Waals surface area (Å²) in [6, 6.07) is 13.3. The molecule has 3 aromatic carbocycles. The Morgan fingerprint density at radius 1 is 0.612 bits per heavy atom. The number of esters is 2. The number of carbonyl (C=O) groups is 2. The van der Waals surface area contributed by atoms with E-state index >= 15 is 0 Å². The van der Waals surface area contributed by atoms with Gasteiger partial charge in [-0.05, 0) is 93.2 Å². The largest absolute Gasteiger partial charge is 0.481 e. The highest BCUT2D eigenvalue weighted by atomic mass is 35.5. The molecule has 8 atom stereocenters. The highest BCUT2D eigenvalue weighted by molar-refractivity contribution is 6.31. The number of carbonyl (C=O) groups excluding carboxylic acids is 2. The van der Waals surface area contributed by atoms with Gasteiger partial charge in [-0.3, -0.25) is 0 Å². The van der Waals surface area contributed by atoms with Crippen LogP contribution >= 0.6 is 11.6 Å². The van der Waals surface area contributed by atoms with Crippen molar-refractivity contribution in [1.82, 2.24) is 0 Å². The lowest BCUT2D eigenvalue weighted by atomic mass is 9.64. The van der Waals surface area contributed by atoms with E-state index in [-0.39, 0.29) is 37.4 Å². The van der Waals surface area contributed by atoms with Crippen molar-refractivity contribution in [3.05, 3.63) is 47.5 Å². The van der Waals surface area contributed by atoms with Gasteiger partial charge in [-0.25, -0.2) is 9.59 Å². The predicted molar refractivity (Wildman–Crippen MR) is 194 cm³/mol. The molecule has 0 aliphatic heterocycles. The summed E-state index contributed by atoms with van der Waals surface area (Å²) in [7, 11) is 0. The van der Waals surface area contributed by atoms with Crippen molar-refractivity contribution in [2.24, 2.45) is 35.5 Å². The van der Waals surface area contributed by atoms with Crippen molar-refractivity contribution in [2.45, 2.75) is 116 Å². The monoisotopic (exact) mass is 688 g/mol. The van der Waals surface area contributed by atoms with E-state index in [0.29, 0.717) is 45.6 Å². The second-order valence-corrected chi connectivity index (χ2v) is 15.9. The molecule has 49 heavy (non-hydrogen) atoms. The highest BCUT2D eigenvalue weighted by Crippen LogP contribution is 2.47. The molecule has 0 amide bonds. The van der Waals surface area contributed by atoms with E-state index in [9.17, 15) is 9.59 Å². The van der Waals surface area contributed by atoms with Crippen LogP contribution in [0.25, 0.3) is 21.5 Å². The molecule has 0 bridgehead atoms. The van der Waals surface area contributed by atoms with Crippen LogP contribution in [0.15, 0.2) is 42.5 Å². The summed E-state index contributed by atoms with van der Waals surface area (Å²) in [6.45, 7) is 3.72. The van der Waals surface area contributed by atoms with Crippen molar-refractivity contribution in [1.29, 1.82) is 0 Å².